The number of rotatable bonds is 6. The van der Waals surface area contributed by atoms with Gasteiger partial charge in [0.15, 0.2) is 0 Å². The second kappa shape index (κ2) is 8.83. The second-order valence-electron chi connectivity index (χ2n) is 9.05. The van der Waals surface area contributed by atoms with Crippen molar-refractivity contribution in [2.45, 2.75) is 33.3 Å². The topological polar surface area (TPSA) is 59.4 Å². The van der Waals surface area contributed by atoms with E-state index < -0.39 is 5.97 Å². The highest BCUT2D eigenvalue weighted by molar-refractivity contribution is 5.90. The quantitative estimate of drug-likeness (QED) is 0.374. The Labute approximate surface area is 188 Å². The van der Waals surface area contributed by atoms with Gasteiger partial charge in [0.1, 0.15) is 12.4 Å². The maximum absolute atomic E-state index is 12.0. The van der Waals surface area contributed by atoms with Gasteiger partial charge in [0, 0.05) is 11.3 Å². The van der Waals surface area contributed by atoms with Gasteiger partial charge in [-0.15, -0.1) is 0 Å². The number of hydrogen-bond donors (Lipinski definition) is 1. The van der Waals surface area contributed by atoms with Gasteiger partial charge in [0.2, 0.25) is 0 Å². The van der Waals surface area contributed by atoms with E-state index >= 15 is 0 Å². The van der Waals surface area contributed by atoms with Crippen molar-refractivity contribution < 1.29 is 14.6 Å². The molecule has 4 heteroatoms. The second-order valence-corrected chi connectivity index (χ2v) is 9.05. The van der Waals surface area contributed by atoms with Crippen LogP contribution in [0.4, 0.5) is 0 Å². The molecule has 4 rings (SSSR count). The zero-order chi connectivity index (χ0) is 22.7. The average Bonchev–Trinajstić information content (AvgIpc) is 2.77. The Kier molecular flexibility index (Phi) is 5.95. The van der Waals surface area contributed by atoms with E-state index in [2.05, 4.69) is 25.8 Å². The molecule has 162 valence electrons. The van der Waals surface area contributed by atoms with Crippen molar-refractivity contribution in [2.24, 2.45) is 5.41 Å². The van der Waals surface area contributed by atoms with Gasteiger partial charge in [0.25, 0.3) is 0 Å². The Balaban J connectivity index is 1.68. The molecule has 32 heavy (non-hydrogen) atoms. The summed E-state index contributed by atoms with van der Waals surface area (Å²) in [4.78, 5) is 16.7. The van der Waals surface area contributed by atoms with Crippen molar-refractivity contribution in [3.05, 3.63) is 107 Å². The summed E-state index contributed by atoms with van der Waals surface area (Å²) in [5, 5.41) is 11.0. The zero-order valence-electron chi connectivity index (χ0n) is 18.6. The summed E-state index contributed by atoms with van der Waals surface area (Å²) in [6, 6.07) is 27.2. The number of aromatic nitrogens is 1. The van der Waals surface area contributed by atoms with Crippen molar-refractivity contribution >= 4 is 16.9 Å². The fraction of sp³-hybridized carbons (Fsp3) is 0.214. The molecule has 1 heterocycles. The third-order valence-corrected chi connectivity index (χ3v) is 5.61. The summed E-state index contributed by atoms with van der Waals surface area (Å²) in [6.45, 7) is 6.69. The van der Waals surface area contributed by atoms with Crippen LogP contribution < -0.4 is 4.74 Å². The first-order chi connectivity index (χ1) is 15.3. The Morgan fingerprint density at radius 3 is 2.38 bits per heavy atom. The first kappa shape index (κ1) is 21.6. The number of benzene rings is 3. The van der Waals surface area contributed by atoms with Crippen LogP contribution in [0.2, 0.25) is 0 Å². The van der Waals surface area contributed by atoms with Crippen molar-refractivity contribution in [3.8, 4) is 5.75 Å². The summed E-state index contributed by atoms with van der Waals surface area (Å²) in [5.41, 5.74) is 3.68. The summed E-state index contributed by atoms with van der Waals surface area (Å²) < 4.78 is 6.06. The molecule has 0 aliphatic rings. The van der Waals surface area contributed by atoms with Crippen molar-refractivity contribution in [3.63, 3.8) is 0 Å². The summed E-state index contributed by atoms with van der Waals surface area (Å²) in [5.74, 6) is -0.407. The number of fused-ring (bicyclic) bond motifs is 1. The molecule has 1 N–H and O–H groups in total. The molecule has 0 amide bonds. The maximum Gasteiger partial charge on any atom is 0.335 e. The van der Waals surface area contributed by atoms with Gasteiger partial charge in [-0.2, -0.15) is 0 Å². The van der Waals surface area contributed by atoms with Crippen molar-refractivity contribution in [2.75, 3.05) is 0 Å². The molecule has 0 spiro atoms. The Morgan fingerprint density at radius 1 is 0.938 bits per heavy atom. The molecule has 0 radical (unpaired) electrons. The van der Waals surface area contributed by atoms with Crippen molar-refractivity contribution in [1.82, 2.24) is 4.98 Å². The summed E-state index contributed by atoms with van der Waals surface area (Å²) >= 11 is 0. The summed E-state index contributed by atoms with van der Waals surface area (Å²) in [6.07, 6.45) is 0. The molecule has 0 fully saturated rings. The van der Waals surface area contributed by atoms with E-state index in [-0.39, 0.29) is 11.3 Å². The van der Waals surface area contributed by atoms with Crippen LogP contribution >= 0.6 is 0 Å². The van der Waals surface area contributed by atoms with Crippen LogP contribution in [0.3, 0.4) is 0 Å². The van der Waals surface area contributed by atoms with Gasteiger partial charge in [-0.1, -0.05) is 75.4 Å². The lowest BCUT2D eigenvalue weighted by Crippen LogP contribution is -2.22. The molecule has 0 aliphatic heterocycles. The van der Waals surface area contributed by atoms with E-state index in [4.69, 9.17) is 4.74 Å². The van der Waals surface area contributed by atoms with Gasteiger partial charge in [0.05, 0.1) is 16.8 Å². The lowest BCUT2D eigenvalue weighted by atomic mass is 9.71. The van der Waals surface area contributed by atoms with Crippen LogP contribution in [0, 0.1) is 5.41 Å². The number of hydrogen-bond acceptors (Lipinski definition) is 3. The summed E-state index contributed by atoms with van der Waals surface area (Å²) in [7, 11) is 0. The molecule has 4 nitrogen and oxygen atoms in total. The number of aromatic carboxylic acids is 1. The lowest BCUT2D eigenvalue weighted by molar-refractivity contribution is 0.0694. The first-order valence-electron chi connectivity index (χ1n) is 10.7. The fourth-order valence-corrected chi connectivity index (χ4v) is 4.20. The molecule has 0 saturated heterocycles. The predicted octanol–water partition coefficient (Wildman–Crippen LogP) is 6.69. The number of ether oxygens (including phenoxy) is 1. The van der Waals surface area contributed by atoms with E-state index in [0.29, 0.717) is 17.9 Å². The minimum Gasteiger partial charge on any atom is -0.487 e. The van der Waals surface area contributed by atoms with Gasteiger partial charge in [-0.05, 0) is 46.9 Å². The highest BCUT2D eigenvalue weighted by Crippen LogP contribution is 2.43. The Bertz CT molecular complexity index is 1240. The Hall–Kier alpha value is -3.66. The van der Waals surface area contributed by atoms with E-state index in [9.17, 15) is 9.90 Å². The largest absolute Gasteiger partial charge is 0.487 e. The number of para-hydroxylation sites is 1. The SMILES string of the molecule is CC(C)(C)C(c1ccccc1)c1cc(OCc2ccc3ccccc3n2)ccc1C(=O)O. The monoisotopic (exact) mass is 425 g/mol. The number of carboxylic acid groups (broad SMARTS) is 1. The minimum absolute atomic E-state index is 0.0999. The molecule has 0 saturated carbocycles. The minimum atomic E-state index is -0.937. The van der Waals surface area contributed by atoms with E-state index in [0.717, 1.165) is 27.7 Å². The standard InChI is InChI=1S/C28H27NO3/c1-28(2,3)26(20-10-5-4-6-11-20)24-17-22(15-16-23(24)27(30)31)32-18-21-14-13-19-9-7-8-12-25(19)29-21/h4-17,26H,18H2,1-3H3,(H,30,31). The number of carbonyl (C=O) groups is 1. The maximum atomic E-state index is 12.0. The molecule has 3 aromatic carbocycles. The number of nitrogens with zero attached hydrogens (tertiary/aromatic N) is 1. The molecule has 4 aromatic rings. The molecular formula is C28H27NO3. The van der Waals surface area contributed by atoms with E-state index in [1.807, 2.05) is 72.8 Å². The molecule has 0 aliphatic carbocycles. The molecule has 1 aromatic heterocycles. The van der Waals surface area contributed by atoms with Crippen LogP contribution in [0.1, 0.15) is 53.9 Å². The fourth-order valence-electron chi connectivity index (χ4n) is 4.20. The average molecular weight is 426 g/mol. The number of carboxylic acids is 1. The third-order valence-electron chi connectivity index (χ3n) is 5.61. The highest BCUT2D eigenvalue weighted by atomic mass is 16.5. The van der Waals surface area contributed by atoms with Crippen molar-refractivity contribution in [1.29, 1.82) is 0 Å². The molecule has 0 bridgehead atoms. The van der Waals surface area contributed by atoms with Gasteiger partial charge < -0.3 is 9.84 Å². The predicted molar refractivity (Wildman–Crippen MR) is 127 cm³/mol. The first-order valence-corrected chi connectivity index (χ1v) is 10.7. The highest BCUT2D eigenvalue weighted by Gasteiger charge is 2.31. The lowest BCUT2D eigenvalue weighted by Gasteiger charge is -2.33. The van der Waals surface area contributed by atoms with Crippen LogP contribution in [-0.2, 0) is 6.61 Å². The Morgan fingerprint density at radius 2 is 1.66 bits per heavy atom. The van der Waals surface area contributed by atoms with E-state index in [1.54, 1.807) is 12.1 Å². The molecular weight excluding hydrogens is 398 g/mol. The van der Waals surface area contributed by atoms with Crippen LogP contribution in [0.15, 0.2) is 84.9 Å². The van der Waals surface area contributed by atoms with Gasteiger partial charge in [-0.3, -0.25) is 0 Å². The van der Waals surface area contributed by atoms with Crippen LogP contribution in [0.5, 0.6) is 5.75 Å². The third kappa shape index (κ3) is 4.65. The molecule has 1 atom stereocenters. The van der Waals surface area contributed by atoms with Crippen LogP contribution in [0.25, 0.3) is 10.9 Å². The van der Waals surface area contributed by atoms with Crippen LogP contribution in [-0.4, -0.2) is 16.1 Å². The molecule has 1 unspecified atom stereocenters. The zero-order valence-corrected chi connectivity index (χ0v) is 18.6. The van der Waals surface area contributed by atoms with Gasteiger partial charge in [-0.25, -0.2) is 9.78 Å². The normalized spacial score (nSPS) is 12.5. The van der Waals surface area contributed by atoms with E-state index in [1.165, 1.54) is 0 Å². The number of pyridine rings is 1. The van der Waals surface area contributed by atoms with Gasteiger partial charge >= 0.3 is 5.97 Å². The smallest absolute Gasteiger partial charge is 0.335 e.